The largest absolute Gasteiger partial charge is 0.497 e. The van der Waals surface area contributed by atoms with Gasteiger partial charge in [0.1, 0.15) is 24.2 Å². The standard InChI is InChI=1S/C34H35BrFN3O5S/c1-3-21-37-34(41)32(22-25-7-5-4-6-8-25)38(23-26-9-11-27(35)12-10-26)33(40)24-39(29-15-13-28(36)14-16-29)45(42,43)31-19-17-30(44-2)18-20-31/h4-20,32H,3,21-24H2,1-2H3,(H,37,41)/t32-/m0/s1. The van der Waals surface area contributed by atoms with E-state index in [4.69, 9.17) is 4.74 Å². The molecule has 0 unspecified atom stereocenters. The second kappa shape index (κ2) is 15.7. The lowest BCUT2D eigenvalue weighted by molar-refractivity contribution is -0.140. The van der Waals surface area contributed by atoms with Crippen LogP contribution in [0.1, 0.15) is 24.5 Å². The predicted octanol–water partition coefficient (Wildman–Crippen LogP) is 5.96. The maximum atomic E-state index is 14.4. The van der Waals surface area contributed by atoms with E-state index < -0.39 is 34.3 Å². The third kappa shape index (κ3) is 8.92. The van der Waals surface area contributed by atoms with E-state index in [9.17, 15) is 22.4 Å². The lowest BCUT2D eigenvalue weighted by atomic mass is 10.0. The van der Waals surface area contributed by atoms with Crippen LogP contribution in [-0.2, 0) is 32.6 Å². The summed E-state index contributed by atoms with van der Waals surface area (Å²) in [4.78, 5) is 29.4. The van der Waals surface area contributed by atoms with Gasteiger partial charge in [0.2, 0.25) is 11.8 Å². The van der Waals surface area contributed by atoms with Gasteiger partial charge in [0.05, 0.1) is 17.7 Å². The molecule has 8 nitrogen and oxygen atoms in total. The molecular formula is C34H35BrFN3O5S. The summed E-state index contributed by atoms with van der Waals surface area (Å²) < 4.78 is 49.0. The van der Waals surface area contributed by atoms with Gasteiger partial charge in [0, 0.05) is 24.0 Å². The maximum absolute atomic E-state index is 14.4. The van der Waals surface area contributed by atoms with Gasteiger partial charge in [-0.3, -0.25) is 13.9 Å². The van der Waals surface area contributed by atoms with Gasteiger partial charge in [0.15, 0.2) is 0 Å². The molecule has 0 aliphatic heterocycles. The minimum atomic E-state index is -4.32. The van der Waals surface area contributed by atoms with Gasteiger partial charge in [0.25, 0.3) is 10.0 Å². The highest BCUT2D eigenvalue weighted by atomic mass is 79.9. The molecule has 0 aliphatic carbocycles. The fraction of sp³-hybridized carbons (Fsp3) is 0.235. The van der Waals surface area contributed by atoms with Crippen LogP contribution < -0.4 is 14.4 Å². The quantitative estimate of drug-likeness (QED) is 0.176. The molecule has 4 aromatic rings. The van der Waals surface area contributed by atoms with E-state index in [1.165, 1.54) is 48.4 Å². The lowest BCUT2D eigenvalue weighted by Gasteiger charge is -2.34. The molecule has 1 N–H and O–H groups in total. The number of nitrogens with one attached hydrogen (secondary N) is 1. The van der Waals surface area contributed by atoms with Crippen molar-refractivity contribution in [2.75, 3.05) is 24.5 Å². The maximum Gasteiger partial charge on any atom is 0.264 e. The van der Waals surface area contributed by atoms with Gasteiger partial charge in [-0.05, 0) is 78.2 Å². The summed E-state index contributed by atoms with van der Waals surface area (Å²) in [5.74, 6) is -1.05. The Hall–Kier alpha value is -4.22. The molecule has 0 radical (unpaired) electrons. The minimum Gasteiger partial charge on any atom is -0.497 e. The first-order chi connectivity index (χ1) is 21.6. The number of methoxy groups -OCH3 is 1. The Balaban J connectivity index is 1.78. The van der Waals surface area contributed by atoms with Crippen LogP contribution in [-0.4, -0.2) is 51.4 Å². The lowest BCUT2D eigenvalue weighted by Crippen LogP contribution is -2.53. The average molecular weight is 697 g/mol. The van der Waals surface area contributed by atoms with Crippen LogP contribution in [0.5, 0.6) is 5.75 Å². The summed E-state index contributed by atoms with van der Waals surface area (Å²) >= 11 is 3.43. The van der Waals surface area contributed by atoms with E-state index >= 15 is 0 Å². The number of nitrogens with zero attached hydrogens (tertiary/aromatic N) is 2. The molecule has 0 spiro atoms. The van der Waals surface area contributed by atoms with Crippen LogP contribution in [0.4, 0.5) is 10.1 Å². The van der Waals surface area contributed by atoms with Crippen LogP contribution in [0, 0.1) is 5.82 Å². The third-order valence-electron chi connectivity index (χ3n) is 7.13. The fourth-order valence-electron chi connectivity index (χ4n) is 4.72. The molecule has 0 bridgehead atoms. The Morgan fingerprint density at radius 3 is 2.13 bits per heavy atom. The smallest absolute Gasteiger partial charge is 0.264 e. The van der Waals surface area contributed by atoms with E-state index in [0.29, 0.717) is 18.7 Å². The highest BCUT2D eigenvalue weighted by molar-refractivity contribution is 9.10. The van der Waals surface area contributed by atoms with Crippen LogP contribution in [0.2, 0.25) is 0 Å². The molecule has 0 saturated carbocycles. The first kappa shape index (κ1) is 33.7. The van der Waals surface area contributed by atoms with Crippen molar-refractivity contribution < 1.29 is 27.1 Å². The molecule has 1 atom stereocenters. The van der Waals surface area contributed by atoms with E-state index in [-0.39, 0.29) is 29.5 Å². The van der Waals surface area contributed by atoms with Crippen molar-refractivity contribution in [2.24, 2.45) is 0 Å². The minimum absolute atomic E-state index is 0.0446. The number of ether oxygens (including phenoxy) is 1. The van der Waals surface area contributed by atoms with Crippen molar-refractivity contribution in [2.45, 2.75) is 37.2 Å². The van der Waals surface area contributed by atoms with Gasteiger partial charge < -0.3 is 15.0 Å². The van der Waals surface area contributed by atoms with Crippen molar-refractivity contribution >= 4 is 43.5 Å². The van der Waals surface area contributed by atoms with Gasteiger partial charge in [-0.25, -0.2) is 12.8 Å². The number of hydrogen-bond donors (Lipinski definition) is 1. The molecule has 4 aromatic carbocycles. The van der Waals surface area contributed by atoms with Gasteiger partial charge in [-0.2, -0.15) is 0 Å². The molecule has 0 fully saturated rings. The number of amides is 2. The zero-order chi connectivity index (χ0) is 32.4. The molecule has 2 amide bonds. The van der Waals surface area contributed by atoms with Crippen molar-refractivity contribution in [3.63, 3.8) is 0 Å². The Kier molecular flexibility index (Phi) is 11.7. The summed E-state index contributed by atoms with van der Waals surface area (Å²) in [5.41, 5.74) is 1.68. The van der Waals surface area contributed by atoms with E-state index in [1.807, 2.05) is 61.5 Å². The molecule has 236 valence electrons. The molecule has 0 saturated heterocycles. The molecule has 0 aromatic heterocycles. The summed E-state index contributed by atoms with van der Waals surface area (Å²) in [6, 6.07) is 26.4. The highest BCUT2D eigenvalue weighted by Crippen LogP contribution is 2.27. The zero-order valence-corrected chi connectivity index (χ0v) is 27.4. The Morgan fingerprint density at radius 1 is 0.889 bits per heavy atom. The molecular weight excluding hydrogens is 661 g/mol. The Labute approximate surface area is 272 Å². The first-order valence-electron chi connectivity index (χ1n) is 14.4. The van der Waals surface area contributed by atoms with Crippen LogP contribution in [0.3, 0.4) is 0 Å². The number of carbonyl (C=O) groups is 2. The predicted molar refractivity (Wildman–Crippen MR) is 176 cm³/mol. The van der Waals surface area contributed by atoms with E-state index in [2.05, 4.69) is 21.2 Å². The average Bonchev–Trinajstić information content (AvgIpc) is 3.05. The highest BCUT2D eigenvalue weighted by Gasteiger charge is 2.34. The second-order valence-corrected chi connectivity index (χ2v) is 13.1. The number of hydrogen-bond acceptors (Lipinski definition) is 5. The number of carbonyl (C=O) groups excluding carboxylic acids is 2. The van der Waals surface area contributed by atoms with Crippen molar-refractivity contribution in [3.8, 4) is 5.75 Å². The summed E-state index contributed by atoms with van der Waals surface area (Å²) in [7, 11) is -2.85. The van der Waals surface area contributed by atoms with Crippen molar-refractivity contribution in [1.29, 1.82) is 0 Å². The fourth-order valence-corrected chi connectivity index (χ4v) is 6.40. The SMILES string of the molecule is CCCNC(=O)[C@H](Cc1ccccc1)N(Cc1ccc(Br)cc1)C(=O)CN(c1ccc(F)cc1)S(=O)(=O)c1ccc(OC)cc1. The number of anilines is 1. The Morgan fingerprint density at radius 2 is 1.53 bits per heavy atom. The molecule has 11 heteroatoms. The summed E-state index contributed by atoms with van der Waals surface area (Å²) in [6.45, 7) is 1.76. The number of benzene rings is 4. The second-order valence-electron chi connectivity index (χ2n) is 10.3. The summed E-state index contributed by atoms with van der Waals surface area (Å²) in [5, 5.41) is 2.92. The van der Waals surface area contributed by atoms with E-state index in [1.54, 1.807) is 0 Å². The van der Waals surface area contributed by atoms with Crippen molar-refractivity contribution in [3.05, 3.63) is 125 Å². The summed E-state index contributed by atoms with van der Waals surface area (Å²) in [6.07, 6.45) is 0.906. The van der Waals surface area contributed by atoms with Crippen molar-refractivity contribution in [1.82, 2.24) is 10.2 Å². The third-order valence-corrected chi connectivity index (χ3v) is 9.44. The molecule has 4 rings (SSSR count). The topological polar surface area (TPSA) is 96.0 Å². The molecule has 0 aliphatic rings. The van der Waals surface area contributed by atoms with Gasteiger partial charge in [-0.15, -0.1) is 0 Å². The zero-order valence-electron chi connectivity index (χ0n) is 25.0. The number of halogens is 2. The number of rotatable bonds is 14. The molecule has 0 heterocycles. The van der Waals surface area contributed by atoms with Crippen LogP contribution in [0.15, 0.2) is 112 Å². The van der Waals surface area contributed by atoms with E-state index in [0.717, 1.165) is 32.0 Å². The monoisotopic (exact) mass is 695 g/mol. The van der Waals surface area contributed by atoms with Crippen LogP contribution >= 0.6 is 15.9 Å². The normalized spacial score (nSPS) is 11.8. The van der Waals surface area contributed by atoms with Gasteiger partial charge >= 0.3 is 0 Å². The first-order valence-corrected chi connectivity index (χ1v) is 16.6. The van der Waals surface area contributed by atoms with Gasteiger partial charge in [-0.1, -0.05) is 65.3 Å². The Bertz CT molecular complexity index is 1670. The molecule has 45 heavy (non-hydrogen) atoms. The number of sulfonamides is 1. The van der Waals surface area contributed by atoms with Crippen LogP contribution in [0.25, 0.3) is 0 Å².